The van der Waals surface area contributed by atoms with E-state index in [1.165, 1.54) is 100 Å². The molecule has 0 amide bonds. The third-order valence-electron chi connectivity index (χ3n) is 16.2. The maximum absolute atomic E-state index is 2.65. The first-order chi connectivity index (χ1) is 36.3. The maximum Gasteiger partial charge on any atom is 0.252 e. The van der Waals surface area contributed by atoms with Crippen LogP contribution in [-0.2, 0) is 5.41 Å². The van der Waals surface area contributed by atoms with Gasteiger partial charge in [0, 0.05) is 67.9 Å². The number of aryl methyl sites for hydroxylation is 7. The molecule has 13 rings (SSSR count). The van der Waals surface area contributed by atoms with Crippen molar-refractivity contribution < 1.29 is 0 Å². The van der Waals surface area contributed by atoms with Crippen molar-refractivity contribution in [2.24, 2.45) is 0 Å². The molecule has 0 fully saturated rings. The molecule has 5 heteroatoms. The van der Waals surface area contributed by atoms with Gasteiger partial charge in [-0.3, -0.25) is 0 Å². The Morgan fingerprint density at radius 1 is 0.373 bits per heavy atom. The molecule has 1 aliphatic carbocycles. The lowest BCUT2D eigenvalue weighted by Crippen LogP contribution is -2.61. The first-order valence-corrected chi connectivity index (χ1v) is 26.5. The molecule has 0 bridgehead atoms. The van der Waals surface area contributed by atoms with Crippen LogP contribution in [0, 0.1) is 48.5 Å². The summed E-state index contributed by atoms with van der Waals surface area (Å²) in [6.45, 7) is 20.1. The first kappa shape index (κ1) is 46.3. The Bertz CT molecular complexity index is 3770. The lowest BCUT2D eigenvalue weighted by Gasteiger charge is -2.46. The molecule has 0 saturated heterocycles. The SMILES string of the molecule is Cc1ccc(N(c2ccc(C)cc2)c2cc3c4c(c2)N(c2ccc(C)cc2)c2c(cc(N(c5ccc(C)cc5)c5ccc(C)cc5)c5c2-c2ccccc2C5(C)C)B4c2cc(C)ccc2N3c2ccc(C)cc2)cc1. The minimum atomic E-state index is -0.368. The fourth-order valence-corrected chi connectivity index (χ4v) is 12.4. The van der Waals surface area contributed by atoms with E-state index in [-0.39, 0.29) is 12.1 Å². The predicted molar refractivity (Wildman–Crippen MR) is 321 cm³/mol. The van der Waals surface area contributed by atoms with Crippen molar-refractivity contribution in [3.8, 4) is 11.1 Å². The molecular formula is C70H61BN4. The Morgan fingerprint density at radius 3 is 1.31 bits per heavy atom. The standard InChI is InChI=1S/C70H61BN4/c1-44-14-27-51(28-15-44)72(52-29-16-45(2)17-30-52)57-41-64-68-65(42-57)75(56-37-24-49(6)25-38-56)69-61(71(68)60-40-50(7)26-39-62(60)74(64)55-35-22-48(5)23-36-55)43-63(67-66(69)58-12-10-11-13-59(58)70(67,8)9)73(53-31-18-46(3)19-32-53)54-33-20-47(4)21-34-54/h10-43H,1-9H3. The molecular weight excluding hydrogens is 908 g/mol. The van der Waals surface area contributed by atoms with Gasteiger partial charge in [0.2, 0.25) is 0 Å². The molecule has 0 unspecified atom stereocenters. The predicted octanol–water partition coefficient (Wildman–Crippen LogP) is 17.2. The van der Waals surface area contributed by atoms with Gasteiger partial charge in [-0.2, -0.15) is 0 Å². The fraction of sp³-hybridized carbons (Fsp3) is 0.143. The molecule has 0 saturated carbocycles. The minimum Gasteiger partial charge on any atom is -0.311 e. The van der Waals surface area contributed by atoms with E-state index < -0.39 is 0 Å². The zero-order valence-corrected chi connectivity index (χ0v) is 44.5. The number of anilines is 12. The normalized spacial score (nSPS) is 13.4. The van der Waals surface area contributed by atoms with E-state index >= 15 is 0 Å². The van der Waals surface area contributed by atoms with Gasteiger partial charge in [0.15, 0.2) is 0 Å². The summed E-state index contributed by atoms with van der Waals surface area (Å²) in [5.74, 6) is 0. The van der Waals surface area contributed by atoms with Crippen molar-refractivity contribution in [3.63, 3.8) is 0 Å². The van der Waals surface area contributed by atoms with Gasteiger partial charge in [-0.15, -0.1) is 0 Å². The van der Waals surface area contributed by atoms with Gasteiger partial charge in [0.05, 0.1) is 11.4 Å². The van der Waals surface area contributed by atoms with Gasteiger partial charge in [-0.05, 0) is 179 Å². The number of rotatable bonds is 8. The number of hydrogen-bond donors (Lipinski definition) is 0. The van der Waals surface area contributed by atoms with Gasteiger partial charge in [-0.1, -0.05) is 162 Å². The van der Waals surface area contributed by atoms with E-state index in [1.54, 1.807) is 0 Å². The van der Waals surface area contributed by atoms with E-state index in [1.807, 2.05) is 0 Å². The highest BCUT2D eigenvalue weighted by atomic mass is 15.2. The van der Waals surface area contributed by atoms with Crippen LogP contribution in [0.1, 0.15) is 63.9 Å². The highest BCUT2D eigenvalue weighted by molar-refractivity contribution is 7.00. The van der Waals surface area contributed by atoms with Crippen LogP contribution in [0.25, 0.3) is 11.1 Å². The molecule has 75 heavy (non-hydrogen) atoms. The number of benzene rings is 10. The lowest BCUT2D eigenvalue weighted by atomic mass is 9.33. The Balaban J connectivity index is 1.22. The smallest absolute Gasteiger partial charge is 0.252 e. The van der Waals surface area contributed by atoms with E-state index in [0.29, 0.717) is 0 Å². The van der Waals surface area contributed by atoms with Crippen LogP contribution in [0.15, 0.2) is 206 Å². The van der Waals surface area contributed by atoms with E-state index in [4.69, 9.17) is 0 Å². The average molecular weight is 969 g/mol. The van der Waals surface area contributed by atoms with Gasteiger partial charge in [-0.25, -0.2) is 0 Å². The molecule has 0 aromatic heterocycles. The van der Waals surface area contributed by atoms with Crippen LogP contribution in [0.3, 0.4) is 0 Å². The summed E-state index contributed by atoms with van der Waals surface area (Å²) in [5.41, 5.74) is 31.1. The van der Waals surface area contributed by atoms with Crippen molar-refractivity contribution in [1.29, 1.82) is 0 Å². The largest absolute Gasteiger partial charge is 0.311 e. The molecule has 10 aromatic rings. The van der Waals surface area contributed by atoms with Gasteiger partial charge in [0.25, 0.3) is 6.71 Å². The topological polar surface area (TPSA) is 13.0 Å². The van der Waals surface area contributed by atoms with Crippen LogP contribution in [-0.4, -0.2) is 6.71 Å². The van der Waals surface area contributed by atoms with Crippen molar-refractivity contribution in [2.45, 2.75) is 67.7 Å². The second kappa shape index (κ2) is 17.6. The van der Waals surface area contributed by atoms with Gasteiger partial charge >= 0.3 is 0 Å². The Labute approximate surface area is 443 Å². The summed E-state index contributed by atoms with van der Waals surface area (Å²) in [6.07, 6.45) is 0. The third kappa shape index (κ3) is 7.50. The third-order valence-corrected chi connectivity index (χ3v) is 16.2. The maximum atomic E-state index is 2.65. The Hall–Kier alpha value is -8.54. The Kier molecular flexibility index (Phi) is 10.8. The minimum absolute atomic E-state index is 0.137. The molecule has 2 aliphatic heterocycles. The quantitative estimate of drug-likeness (QED) is 0.141. The molecule has 10 aromatic carbocycles. The highest BCUT2D eigenvalue weighted by Crippen LogP contribution is 2.60. The second-order valence-electron chi connectivity index (χ2n) is 22.0. The lowest BCUT2D eigenvalue weighted by molar-refractivity contribution is 0.661. The van der Waals surface area contributed by atoms with Crippen molar-refractivity contribution in [1.82, 2.24) is 0 Å². The van der Waals surface area contributed by atoms with Crippen LogP contribution in [0.4, 0.5) is 68.2 Å². The van der Waals surface area contributed by atoms with Crippen molar-refractivity contribution >= 4 is 91.3 Å². The van der Waals surface area contributed by atoms with Gasteiger partial charge in [0.1, 0.15) is 0 Å². The summed E-state index contributed by atoms with van der Waals surface area (Å²) in [6, 6.07) is 78.5. The molecule has 4 nitrogen and oxygen atoms in total. The molecule has 0 spiro atoms. The van der Waals surface area contributed by atoms with Crippen LogP contribution >= 0.6 is 0 Å². The summed E-state index contributed by atoms with van der Waals surface area (Å²) in [4.78, 5) is 10.2. The zero-order chi connectivity index (χ0) is 51.4. The first-order valence-electron chi connectivity index (χ1n) is 26.5. The van der Waals surface area contributed by atoms with Crippen molar-refractivity contribution in [3.05, 3.63) is 256 Å². The summed E-state index contributed by atoms with van der Waals surface area (Å²) < 4.78 is 0. The number of nitrogens with zero attached hydrogens (tertiary/aromatic N) is 4. The fourth-order valence-electron chi connectivity index (χ4n) is 12.4. The van der Waals surface area contributed by atoms with Gasteiger partial charge < -0.3 is 19.6 Å². The molecule has 2 heterocycles. The Morgan fingerprint density at radius 2 is 0.800 bits per heavy atom. The zero-order valence-electron chi connectivity index (χ0n) is 44.5. The average Bonchev–Trinajstić information content (AvgIpc) is 3.86. The monoisotopic (exact) mass is 968 g/mol. The molecule has 0 radical (unpaired) electrons. The number of hydrogen-bond acceptors (Lipinski definition) is 4. The summed E-state index contributed by atoms with van der Waals surface area (Å²) in [5, 5.41) is 0. The molecule has 3 aliphatic rings. The molecule has 0 atom stereocenters. The van der Waals surface area contributed by atoms with Crippen LogP contribution in [0.2, 0.25) is 0 Å². The van der Waals surface area contributed by atoms with E-state index in [2.05, 4.69) is 288 Å². The summed E-state index contributed by atoms with van der Waals surface area (Å²) in [7, 11) is 0. The number of fused-ring (bicyclic) bond motifs is 8. The van der Waals surface area contributed by atoms with E-state index in [0.717, 1.165) is 45.5 Å². The second-order valence-corrected chi connectivity index (χ2v) is 22.0. The highest BCUT2D eigenvalue weighted by Gasteiger charge is 2.49. The van der Waals surface area contributed by atoms with Crippen LogP contribution in [0.5, 0.6) is 0 Å². The summed E-state index contributed by atoms with van der Waals surface area (Å²) >= 11 is 0. The van der Waals surface area contributed by atoms with Crippen LogP contribution < -0.4 is 36.0 Å². The van der Waals surface area contributed by atoms with E-state index in [9.17, 15) is 0 Å². The van der Waals surface area contributed by atoms with Crippen molar-refractivity contribution in [2.75, 3.05) is 19.6 Å². The molecule has 364 valence electrons. The molecule has 0 N–H and O–H groups in total.